The van der Waals surface area contributed by atoms with E-state index >= 15 is 0 Å². The van der Waals surface area contributed by atoms with Gasteiger partial charge in [-0.2, -0.15) is 11.6 Å². The van der Waals surface area contributed by atoms with Gasteiger partial charge in [0.2, 0.25) is 0 Å². The molecule has 0 spiro atoms. The molecule has 0 bridgehead atoms. The minimum absolute atomic E-state index is 0.128. The predicted molar refractivity (Wildman–Crippen MR) is 220 cm³/mol. The lowest BCUT2D eigenvalue weighted by atomic mass is 9.57. The van der Waals surface area contributed by atoms with Crippen LogP contribution < -0.4 is 15.7 Å². The van der Waals surface area contributed by atoms with Crippen LogP contribution in [0.15, 0.2) is 187 Å². The third-order valence-electron chi connectivity index (χ3n) is 10.7. The number of para-hydroxylation sites is 3. The minimum Gasteiger partial charge on any atom is -0.458 e. The number of hydrogen-bond acceptors (Lipinski definition) is 2. The maximum Gasteiger partial charge on any atom is 0.289 e. The number of ether oxygens (including phenoxy) is 1. The van der Waals surface area contributed by atoms with E-state index in [1.807, 2.05) is 11.6 Å². The number of fused-ring (bicyclic) bond motifs is 7. The van der Waals surface area contributed by atoms with E-state index in [2.05, 4.69) is 187 Å². The van der Waals surface area contributed by atoms with Crippen molar-refractivity contribution in [2.24, 2.45) is 0 Å². The summed E-state index contributed by atoms with van der Waals surface area (Å²) in [5, 5.41) is 2.52. The van der Waals surface area contributed by atoms with Crippen molar-refractivity contribution in [3.63, 3.8) is 0 Å². The van der Waals surface area contributed by atoms with E-state index in [0.717, 1.165) is 28.3 Å². The van der Waals surface area contributed by atoms with Gasteiger partial charge in [0.05, 0.1) is 16.7 Å². The van der Waals surface area contributed by atoms with Gasteiger partial charge >= 0.3 is 0 Å². The SMILES string of the molecule is c1ccc(-c2ccccc2-c2cc3c4c(c2)-c2ccccc2SB4c2ccc(-c4ccccc4-n4c5ccccc5c5ccccc54)cc2O3)cc1. The van der Waals surface area contributed by atoms with E-state index in [1.54, 1.807) is 0 Å². The molecule has 11 rings (SSSR count). The highest BCUT2D eigenvalue weighted by Gasteiger charge is 2.39. The molecular weight excluding hydrogens is 649 g/mol. The Morgan fingerprint density at radius 1 is 0.423 bits per heavy atom. The monoisotopic (exact) mass is 679 g/mol. The first-order chi connectivity index (χ1) is 25.8. The molecule has 0 aliphatic carbocycles. The summed E-state index contributed by atoms with van der Waals surface area (Å²) >= 11 is 1.93. The topological polar surface area (TPSA) is 14.2 Å². The normalized spacial score (nSPS) is 12.7. The third-order valence-corrected chi connectivity index (χ3v) is 12.0. The molecule has 2 nitrogen and oxygen atoms in total. The molecule has 3 heterocycles. The summed E-state index contributed by atoms with van der Waals surface area (Å²) in [6.07, 6.45) is 0. The van der Waals surface area contributed by atoms with E-state index in [-0.39, 0.29) is 5.99 Å². The largest absolute Gasteiger partial charge is 0.458 e. The zero-order valence-electron chi connectivity index (χ0n) is 28.2. The number of aromatic nitrogens is 1. The van der Waals surface area contributed by atoms with E-state index in [1.165, 1.54) is 71.0 Å². The van der Waals surface area contributed by atoms with Crippen molar-refractivity contribution in [3.8, 4) is 61.7 Å². The van der Waals surface area contributed by atoms with Gasteiger partial charge in [0.1, 0.15) is 11.5 Å². The zero-order chi connectivity index (χ0) is 34.2. The molecule has 0 atom stereocenters. The first-order valence-corrected chi connectivity index (χ1v) is 18.7. The molecule has 2 aliphatic heterocycles. The van der Waals surface area contributed by atoms with Crippen LogP contribution in [0.25, 0.3) is 72.0 Å². The van der Waals surface area contributed by atoms with Gasteiger partial charge in [0, 0.05) is 21.2 Å². The predicted octanol–water partition coefficient (Wildman–Crippen LogP) is 11.8. The molecule has 8 aromatic carbocycles. The van der Waals surface area contributed by atoms with Gasteiger partial charge in [-0.3, -0.25) is 0 Å². The summed E-state index contributed by atoms with van der Waals surface area (Å²) in [5.41, 5.74) is 15.6. The smallest absolute Gasteiger partial charge is 0.289 e. The molecule has 52 heavy (non-hydrogen) atoms. The fourth-order valence-corrected chi connectivity index (χ4v) is 9.78. The number of rotatable bonds is 4. The quantitative estimate of drug-likeness (QED) is 0.172. The van der Waals surface area contributed by atoms with E-state index in [4.69, 9.17) is 4.74 Å². The first-order valence-electron chi connectivity index (χ1n) is 17.8. The Bertz CT molecular complexity index is 2820. The van der Waals surface area contributed by atoms with E-state index in [0.29, 0.717) is 0 Å². The summed E-state index contributed by atoms with van der Waals surface area (Å²) in [6.45, 7) is 0. The molecule has 0 fully saturated rings. The van der Waals surface area contributed by atoms with Gasteiger partial charge in [-0.15, -0.1) is 0 Å². The summed E-state index contributed by atoms with van der Waals surface area (Å²) in [4.78, 5) is 1.30. The molecule has 242 valence electrons. The summed E-state index contributed by atoms with van der Waals surface area (Å²) < 4.78 is 9.47. The molecule has 0 radical (unpaired) electrons. The summed E-state index contributed by atoms with van der Waals surface area (Å²) in [6, 6.07) is 65.9. The second-order valence-electron chi connectivity index (χ2n) is 13.6. The molecule has 0 amide bonds. The van der Waals surface area contributed by atoms with Gasteiger partial charge in [0.25, 0.3) is 5.99 Å². The van der Waals surface area contributed by atoms with Gasteiger partial charge in [-0.05, 0) is 92.3 Å². The van der Waals surface area contributed by atoms with Crippen molar-refractivity contribution in [2.75, 3.05) is 0 Å². The number of hydrogen-bond donors (Lipinski definition) is 0. The standard InChI is InChI=1S/C48H30BNOS/c1-2-14-31(15-3-1)34-16-4-5-17-35(34)33-28-40-39-21-9-13-25-47(39)52-49-41-27-26-32(29-45(41)51-46(30-33)48(40)49)36-18-6-10-22-42(36)50-43-23-11-7-19-37(43)38-20-8-12-24-44(38)50/h1-30H. The van der Waals surface area contributed by atoms with Crippen LogP contribution in [0.5, 0.6) is 11.5 Å². The summed E-state index contributed by atoms with van der Waals surface area (Å²) in [7, 11) is 0. The van der Waals surface area contributed by atoms with Crippen LogP contribution >= 0.6 is 11.6 Å². The van der Waals surface area contributed by atoms with Crippen LogP contribution in [0.1, 0.15) is 0 Å². The van der Waals surface area contributed by atoms with Crippen molar-refractivity contribution in [2.45, 2.75) is 4.90 Å². The Morgan fingerprint density at radius 3 is 1.79 bits per heavy atom. The minimum atomic E-state index is 0.128. The lowest BCUT2D eigenvalue weighted by molar-refractivity contribution is 0.488. The Hall–Kier alpha value is -6.23. The van der Waals surface area contributed by atoms with Crippen LogP contribution in [-0.4, -0.2) is 10.6 Å². The first kappa shape index (κ1) is 29.5. The molecule has 2 aliphatic rings. The Balaban J connectivity index is 1.09. The molecule has 4 heteroatoms. The molecule has 0 saturated heterocycles. The van der Waals surface area contributed by atoms with Gasteiger partial charge in [-0.25, -0.2) is 0 Å². The molecule has 0 unspecified atom stereocenters. The zero-order valence-corrected chi connectivity index (χ0v) is 29.0. The molecule has 1 aromatic heterocycles. The second-order valence-corrected chi connectivity index (χ2v) is 14.7. The lowest BCUT2D eigenvalue weighted by Crippen LogP contribution is -2.46. The van der Waals surface area contributed by atoms with Crippen LogP contribution in [0, 0.1) is 0 Å². The highest BCUT2D eigenvalue weighted by atomic mass is 32.2. The van der Waals surface area contributed by atoms with Crippen molar-refractivity contribution in [3.05, 3.63) is 182 Å². The fraction of sp³-hybridized carbons (Fsp3) is 0. The molecule has 9 aromatic rings. The molecule has 0 saturated carbocycles. The van der Waals surface area contributed by atoms with Crippen molar-refractivity contribution >= 4 is 50.3 Å². The van der Waals surface area contributed by atoms with E-state index < -0.39 is 0 Å². The Morgan fingerprint density at radius 2 is 1.02 bits per heavy atom. The fourth-order valence-electron chi connectivity index (χ4n) is 8.38. The van der Waals surface area contributed by atoms with Gasteiger partial charge in [-0.1, -0.05) is 140 Å². The van der Waals surface area contributed by atoms with Gasteiger partial charge in [0.15, 0.2) is 0 Å². The number of benzene rings is 8. The maximum atomic E-state index is 7.06. The third kappa shape index (κ3) is 4.48. The van der Waals surface area contributed by atoms with Crippen LogP contribution in [0.4, 0.5) is 0 Å². The Labute approximate surface area is 307 Å². The summed E-state index contributed by atoms with van der Waals surface area (Å²) in [5.74, 6) is 1.98. The highest BCUT2D eigenvalue weighted by Crippen LogP contribution is 2.46. The van der Waals surface area contributed by atoms with Crippen molar-refractivity contribution < 1.29 is 4.74 Å². The molecular formula is C48H30BNOS. The highest BCUT2D eigenvalue weighted by molar-refractivity contribution is 8.28. The van der Waals surface area contributed by atoms with Crippen molar-refractivity contribution in [1.82, 2.24) is 4.57 Å². The van der Waals surface area contributed by atoms with Crippen LogP contribution in [-0.2, 0) is 0 Å². The average Bonchev–Trinajstić information content (AvgIpc) is 3.55. The second kappa shape index (κ2) is 11.7. The van der Waals surface area contributed by atoms with Crippen LogP contribution in [0.3, 0.4) is 0 Å². The van der Waals surface area contributed by atoms with Crippen LogP contribution in [0.2, 0.25) is 0 Å². The average molecular weight is 680 g/mol. The van der Waals surface area contributed by atoms with Gasteiger partial charge < -0.3 is 9.30 Å². The van der Waals surface area contributed by atoms with E-state index in [9.17, 15) is 0 Å². The Kier molecular flexibility index (Phi) is 6.62. The maximum absolute atomic E-state index is 7.06. The lowest BCUT2D eigenvalue weighted by Gasteiger charge is -2.33. The van der Waals surface area contributed by atoms with Crippen molar-refractivity contribution in [1.29, 1.82) is 0 Å². The molecule has 0 N–H and O–H groups in total. The number of nitrogens with zero attached hydrogens (tertiary/aromatic N) is 1.